The van der Waals surface area contributed by atoms with E-state index in [0.29, 0.717) is 0 Å². The van der Waals surface area contributed by atoms with Gasteiger partial charge in [-0.1, -0.05) is 0 Å². The number of rotatable bonds is 3. The molecule has 1 aliphatic rings. The Morgan fingerprint density at radius 1 is 1.37 bits per heavy atom. The number of nitrogens with one attached hydrogen (secondary N) is 2. The van der Waals surface area contributed by atoms with Gasteiger partial charge in [0.2, 0.25) is 5.91 Å². The van der Waals surface area contributed by atoms with Crippen LogP contribution in [0.2, 0.25) is 0 Å². The molecule has 0 fully saturated rings. The van der Waals surface area contributed by atoms with E-state index in [9.17, 15) is 4.79 Å². The number of furan rings is 1. The lowest BCUT2D eigenvalue weighted by Crippen LogP contribution is -2.27. The highest BCUT2D eigenvalue weighted by molar-refractivity contribution is 5.99. The van der Waals surface area contributed by atoms with Crippen molar-refractivity contribution in [3.63, 3.8) is 0 Å². The van der Waals surface area contributed by atoms with E-state index in [4.69, 9.17) is 4.42 Å². The number of hydrogen-bond acceptors (Lipinski definition) is 4. The number of carbonyl (C=O) groups excluding carboxylic acids is 1. The van der Waals surface area contributed by atoms with Gasteiger partial charge in [0.05, 0.1) is 23.7 Å². The van der Waals surface area contributed by atoms with E-state index in [0.717, 1.165) is 52.8 Å². The van der Waals surface area contributed by atoms with Crippen molar-refractivity contribution >= 4 is 22.5 Å². The molecule has 0 bridgehead atoms. The molecule has 0 radical (unpaired) electrons. The Hall–Kier alpha value is -3.35. The Kier molecular flexibility index (Phi) is 3.60. The molecule has 1 aliphatic carbocycles. The van der Waals surface area contributed by atoms with Crippen LogP contribution in [-0.2, 0) is 24.7 Å². The molecule has 5 rings (SSSR count). The number of benzene rings is 1. The second-order valence-electron chi connectivity index (χ2n) is 7.05. The molecular weight excluding hydrogens is 342 g/mol. The third-order valence-corrected chi connectivity index (χ3v) is 5.18. The zero-order chi connectivity index (χ0) is 18.4. The van der Waals surface area contributed by atoms with Crippen molar-refractivity contribution in [3.05, 3.63) is 54.2 Å². The molecule has 27 heavy (non-hydrogen) atoms. The molecule has 1 aromatic carbocycles. The Balaban J connectivity index is 1.38. The van der Waals surface area contributed by atoms with Crippen LogP contribution in [-0.4, -0.2) is 25.9 Å². The fourth-order valence-corrected chi connectivity index (χ4v) is 3.82. The van der Waals surface area contributed by atoms with Crippen molar-refractivity contribution in [1.29, 1.82) is 0 Å². The van der Waals surface area contributed by atoms with E-state index in [-0.39, 0.29) is 11.8 Å². The average molecular weight is 361 g/mol. The van der Waals surface area contributed by atoms with Gasteiger partial charge in [-0.15, -0.1) is 0 Å². The molecule has 0 saturated carbocycles. The Morgan fingerprint density at radius 2 is 2.30 bits per heavy atom. The average Bonchev–Trinajstić information content (AvgIpc) is 3.38. The minimum absolute atomic E-state index is 0.0323. The summed E-state index contributed by atoms with van der Waals surface area (Å²) in [5.41, 5.74) is 5.70. The molecule has 3 heterocycles. The number of fused-ring (bicyclic) bond motifs is 2. The number of anilines is 1. The number of hydrogen-bond donors (Lipinski definition) is 2. The number of aromatic amines is 1. The first-order chi connectivity index (χ1) is 13.2. The minimum atomic E-state index is -0.0323. The molecule has 7 heteroatoms. The highest BCUT2D eigenvalue weighted by Crippen LogP contribution is 2.30. The summed E-state index contributed by atoms with van der Waals surface area (Å²) in [6, 6.07) is 7.66. The van der Waals surface area contributed by atoms with Crippen LogP contribution in [0.1, 0.15) is 17.7 Å². The number of aromatic nitrogens is 4. The third kappa shape index (κ3) is 2.81. The zero-order valence-electron chi connectivity index (χ0n) is 14.9. The van der Waals surface area contributed by atoms with Crippen LogP contribution in [0.3, 0.4) is 0 Å². The summed E-state index contributed by atoms with van der Waals surface area (Å²) in [7, 11) is 1.92. The van der Waals surface area contributed by atoms with Crippen molar-refractivity contribution in [2.75, 3.05) is 5.32 Å². The molecule has 0 unspecified atom stereocenters. The predicted octanol–water partition coefficient (Wildman–Crippen LogP) is 3.30. The first kappa shape index (κ1) is 15.9. The van der Waals surface area contributed by atoms with Gasteiger partial charge in [0.15, 0.2) is 0 Å². The summed E-state index contributed by atoms with van der Waals surface area (Å²) in [4.78, 5) is 12.8. The van der Waals surface area contributed by atoms with Gasteiger partial charge in [0.25, 0.3) is 0 Å². The number of aryl methyl sites for hydroxylation is 2. The molecule has 1 amide bonds. The fraction of sp³-hybridized carbons (Fsp3) is 0.250. The molecule has 1 atom stereocenters. The normalized spacial score (nSPS) is 16.4. The quantitative estimate of drug-likeness (QED) is 0.586. The highest BCUT2D eigenvalue weighted by Gasteiger charge is 2.26. The first-order valence-electron chi connectivity index (χ1n) is 9.00. The Bertz CT molecular complexity index is 1120. The molecule has 2 N–H and O–H groups in total. The largest absolute Gasteiger partial charge is 0.472 e. The second-order valence-corrected chi connectivity index (χ2v) is 7.05. The van der Waals surface area contributed by atoms with Crippen molar-refractivity contribution < 1.29 is 9.21 Å². The van der Waals surface area contributed by atoms with Gasteiger partial charge in [-0.05, 0) is 49.1 Å². The summed E-state index contributed by atoms with van der Waals surface area (Å²) in [6.07, 6.45) is 7.71. The summed E-state index contributed by atoms with van der Waals surface area (Å²) in [6.45, 7) is 0. The Morgan fingerprint density at radius 3 is 3.15 bits per heavy atom. The molecule has 136 valence electrons. The number of carbonyl (C=O) groups is 1. The monoisotopic (exact) mass is 361 g/mol. The lowest BCUT2D eigenvalue weighted by Gasteiger charge is -2.20. The lowest BCUT2D eigenvalue weighted by molar-refractivity contribution is -0.120. The molecule has 0 aliphatic heterocycles. The SMILES string of the molecule is Cn1cc2c(n1)CC[C@H](C(=O)Nc1ccc3[nH]nc(-c4ccoc4)c3c1)C2. The van der Waals surface area contributed by atoms with E-state index >= 15 is 0 Å². The summed E-state index contributed by atoms with van der Waals surface area (Å²) in [5, 5.41) is 15.9. The van der Waals surface area contributed by atoms with Crippen LogP contribution < -0.4 is 5.32 Å². The van der Waals surface area contributed by atoms with Gasteiger partial charge in [-0.2, -0.15) is 10.2 Å². The number of nitrogens with zero attached hydrogens (tertiary/aromatic N) is 3. The van der Waals surface area contributed by atoms with Crippen molar-refractivity contribution in [1.82, 2.24) is 20.0 Å². The van der Waals surface area contributed by atoms with E-state index in [1.54, 1.807) is 12.5 Å². The maximum absolute atomic E-state index is 12.8. The van der Waals surface area contributed by atoms with Crippen LogP contribution in [0.15, 0.2) is 47.4 Å². The van der Waals surface area contributed by atoms with E-state index in [1.165, 1.54) is 5.56 Å². The number of amides is 1. The van der Waals surface area contributed by atoms with E-state index in [1.807, 2.05) is 42.2 Å². The predicted molar refractivity (Wildman–Crippen MR) is 101 cm³/mol. The molecule has 4 aromatic rings. The van der Waals surface area contributed by atoms with Crippen LogP contribution >= 0.6 is 0 Å². The maximum atomic E-state index is 12.8. The maximum Gasteiger partial charge on any atom is 0.227 e. The molecular formula is C20H19N5O2. The van der Waals surface area contributed by atoms with Gasteiger partial charge in [0, 0.05) is 35.8 Å². The second kappa shape index (κ2) is 6.12. The fourth-order valence-electron chi connectivity index (χ4n) is 3.82. The van der Waals surface area contributed by atoms with Crippen LogP contribution in [0.4, 0.5) is 5.69 Å². The number of H-pyrrole nitrogens is 1. The minimum Gasteiger partial charge on any atom is -0.472 e. The lowest BCUT2D eigenvalue weighted by atomic mass is 9.87. The van der Waals surface area contributed by atoms with Gasteiger partial charge in [-0.3, -0.25) is 14.6 Å². The van der Waals surface area contributed by atoms with E-state index in [2.05, 4.69) is 20.6 Å². The smallest absolute Gasteiger partial charge is 0.227 e. The van der Waals surface area contributed by atoms with Crippen LogP contribution in [0.25, 0.3) is 22.2 Å². The molecule has 0 spiro atoms. The van der Waals surface area contributed by atoms with Gasteiger partial charge in [-0.25, -0.2) is 0 Å². The molecule has 3 aromatic heterocycles. The van der Waals surface area contributed by atoms with Crippen molar-refractivity contribution in [2.45, 2.75) is 19.3 Å². The standard InChI is InChI=1S/C20H19N5O2/c1-25-10-14-8-12(2-4-17(14)24-25)20(26)21-15-3-5-18-16(9-15)19(23-22-18)13-6-7-27-11-13/h3,5-7,9-12H,2,4,8H2,1H3,(H,21,26)(H,22,23)/t12-/m0/s1. The van der Waals surface area contributed by atoms with Gasteiger partial charge in [0.1, 0.15) is 5.69 Å². The van der Waals surface area contributed by atoms with Gasteiger partial charge >= 0.3 is 0 Å². The zero-order valence-corrected chi connectivity index (χ0v) is 14.9. The summed E-state index contributed by atoms with van der Waals surface area (Å²) in [5.74, 6) is 0.0206. The van der Waals surface area contributed by atoms with Crippen LogP contribution in [0, 0.1) is 5.92 Å². The summed E-state index contributed by atoms with van der Waals surface area (Å²) < 4.78 is 6.99. The van der Waals surface area contributed by atoms with Crippen LogP contribution in [0.5, 0.6) is 0 Å². The summed E-state index contributed by atoms with van der Waals surface area (Å²) >= 11 is 0. The van der Waals surface area contributed by atoms with Crippen molar-refractivity contribution in [2.24, 2.45) is 13.0 Å². The first-order valence-corrected chi connectivity index (χ1v) is 9.00. The third-order valence-electron chi connectivity index (χ3n) is 5.18. The van der Waals surface area contributed by atoms with Crippen molar-refractivity contribution in [3.8, 4) is 11.3 Å². The van der Waals surface area contributed by atoms with Gasteiger partial charge < -0.3 is 9.73 Å². The Labute approximate surface area is 155 Å². The van der Waals surface area contributed by atoms with E-state index < -0.39 is 0 Å². The molecule has 0 saturated heterocycles. The highest BCUT2D eigenvalue weighted by atomic mass is 16.3. The topological polar surface area (TPSA) is 88.7 Å². The molecule has 7 nitrogen and oxygen atoms in total.